The molecule has 2 rings (SSSR count). The van der Waals surface area contributed by atoms with Gasteiger partial charge in [0.05, 0.1) is 0 Å². The Morgan fingerprint density at radius 3 is 2.78 bits per heavy atom. The average molecular weight is 252 g/mol. The summed E-state index contributed by atoms with van der Waals surface area (Å²) in [5.41, 5.74) is 6.11. The monoisotopic (exact) mass is 252 g/mol. The minimum Gasteiger partial charge on any atom is -0.329 e. The van der Waals surface area contributed by atoms with Gasteiger partial charge in [-0.2, -0.15) is 0 Å². The standard InChI is InChI=1S/C16H32N2/c1-3-5-14-8-9-18(12-14)16(11-17)15-7-4-6-13(2)10-15/h13-16H,3-12,17H2,1-2H3. The van der Waals surface area contributed by atoms with Crippen LogP contribution < -0.4 is 5.73 Å². The van der Waals surface area contributed by atoms with Crippen molar-refractivity contribution in [2.24, 2.45) is 23.5 Å². The van der Waals surface area contributed by atoms with E-state index >= 15 is 0 Å². The van der Waals surface area contributed by atoms with Crippen LogP contribution in [0.4, 0.5) is 0 Å². The van der Waals surface area contributed by atoms with Gasteiger partial charge in [0.1, 0.15) is 0 Å². The molecule has 4 atom stereocenters. The lowest BCUT2D eigenvalue weighted by Gasteiger charge is -2.38. The van der Waals surface area contributed by atoms with E-state index in [1.54, 1.807) is 0 Å². The zero-order valence-corrected chi connectivity index (χ0v) is 12.4. The minimum absolute atomic E-state index is 0.676. The Kier molecular flexibility index (Phi) is 5.50. The zero-order chi connectivity index (χ0) is 13.0. The molecule has 0 bridgehead atoms. The van der Waals surface area contributed by atoms with Crippen molar-refractivity contribution in [1.82, 2.24) is 4.90 Å². The van der Waals surface area contributed by atoms with Crippen LogP contribution in [0.2, 0.25) is 0 Å². The van der Waals surface area contributed by atoms with Gasteiger partial charge in [-0.05, 0) is 50.0 Å². The molecule has 1 heterocycles. The first-order valence-electron chi connectivity index (χ1n) is 8.18. The molecule has 0 aromatic carbocycles. The van der Waals surface area contributed by atoms with Gasteiger partial charge in [0, 0.05) is 19.1 Å². The molecule has 2 aliphatic rings. The lowest BCUT2D eigenvalue weighted by molar-refractivity contribution is 0.125. The van der Waals surface area contributed by atoms with Crippen molar-refractivity contribution >= 4 is 0 Å². The predicted octanol–water partition coefficient (Wildman–Crippen LogP) is 3.26. The highest BCUT2D eigenvalue weighted by Gasteiger charge is 2.33. The van der Waals surface area contributed by atoms with Crippen LogP contribution in [-0.2, 0) is 0 Å². The van der Waals surface area contributed by atoms with Gasteiger partial charge in [-0.15, -0.1) is 0 Å². The Morgan fingerprint density at radius 1 is 1.28 bits per heavy atom. The number of nitrogens with two attached hydrogens (primary N) is 1. The Bertz CT molecular complexity index is 241. The third-order valence-electron chi connectivity index (χ3n) is 5.25. The SMILES string of the molecule is CCCC1CCN(C(CN)C2CCCC(C)C2)C1. The minimum atomic E-state index is 0.676. The summed E-state index contributed by atoms with van der Waals surface area (Å²) in [5.74, 6) is 2.75. The van der Waals surface area contributed by atoms with Crippen LogP contribution in [0.3, 0.4) is 0 Å². The van der Waals surface area contributed by atoms with Gasteiger partial charge >= 0.3 is 0 Å². The number of rotatable bonds is 5. The molecule has 0 aromatic rings. The van der Waals surface area contributed by atoms with Gasteiger partial charge in [-0.25, -0.2) is 0 Å². The Labute approximate surface area is 113 Å². The molecular formula is C16H32N2. The fourth-order valence-corrected chi connectivity index (χ4v) is 4.28. The van der Waals surface area contributed by atoms with Gasteiger partial charge in [0.25, 0.3) is 0 Å². The molecule has 0 radical (unpaired) electrons. The van der Waals surface area contributed by atoms with Crippen molar-refractivity contribution in [3.8, 4) is 0 Å². The molecule has 2 heteroatoms. The van der Waals surface area contributed by atoms with Crippen LogP contribution in [0.15, 0.2) is 0 Å². The van der Waals surface area contributed by atoms with E-state index in [-0.39, 0.29) is 0 Å². The molecule has 2 nitrogen and oxygen atoms in total. The topological polar surface area (TPSA) is 29.3 Å². The van der Waals surface area contributed by atoms with E-state index in [0.717, 1.165) is 24.3 Å². The zero-order valence-electron chi connectivity index (χ0n) is 12.4. The highest BCUT2D eigenvalue weighted by molar-refractivity contribution is 4.88. The summed E-state index contributed by atoms with van der Waals surface area (Å²) < 4.78 is 0. The quantitative estimate of drug-likeness (QED) is 0.814. The maximum atomic E-state index is 6.11. The first kappa shape index (κ1) is 14.3. The van der Waals surface area contributed by atoms with Crippen molar-refractivity contribution in [3.63, 3.8) is 0 Å². The Morgan fingerprint density at radius 2 is 2.11 bits per heavy atom. The third kappa shape index (κ3) is 3.48. The maximum absolute atomic E-state index is 6.11. The summed E-state index contributed by atoms with van der Waals surface area (Å²) in [7, 11) is 0. The second-order valence-corrected chi connectivity index (χ2v) is 6.77. The van der Waals surface area contributed by atoms with Gasteiger partial charge in [-0.1, -0.05) is 33.1 Å². The van der Waals surface area contributed by atoms with Crippen LogP contribution in [0, 0.1) is 17.8 Å². The van der Waals surface area contributed by atoms with Crippen LogP contribution in [0.5, 0.6) is 0 Å². The number of nitrogens with zero attached hydrogens (tertiary/aromatic N) is 1. The first-order chi connectivity index (χ1) is 8.74. The molecule has 0 aromatic heterocycles. The highest BCUT2D eigenvalue weighted by Crippen LogP contribution is 2.34. The van der Waals surface area contributed by atoms with Crippen LogP contribution in [0.25, 0.3) is 0 Å². The second-order valence-electron chi connectivity index (χ2n) is 6.77. The molecule has 1 saturated heterocycles. The van der Waals surface area contributed by atoms with E-state index in [4.69, 9.17) is 5.73 Å². The predicted molar refractivity (Wildman–Crippen MR) is 78.6 cm³/mol. The van der Waals surface area contributed by atoms with Crippen LogP contribution in [-0.4, -0.2) is 30.6 Å². The molecule has 1 aliphatic heterocycles. The number of likely N-dealkylation sites (tertiary alicyclic amines) is 1. The summed E-state index contributed by atoms with van der Waals surface area (Å²) in [6, 6.07) is 0.676. The summed E-state index contributed by atoms with van der Waals surface area (Å²) >= 11 is 0. The third-order valence-corrected chi connectivity index (χ3v) is 5.25. The molecule has 2 fully saturated rings. The summed E-state index contributed by atoms with van der Waals surface area (Å²) in [6.07, 6.45) is 9.85. The normalized spacial score (nSPS) is 35.8. The average Bonchev–Trinajstić information content (AvgIpc) is 2.79. The van der Waals surface area contributed by atoms with Crippen LogP contribution in [0.1, 0.15) is 58.8 Å². The molecular weight excluding hydrogens is 220 g/mol. The van der Waals surface area contributed by atoms with Crippen LogP contribution >= 0.6 is 0 Å². The van der Waals surface area contributed by atoms with Crippen molar-refractivity contribution < 1.29 is 0 Å². The first-order valence-corrected chi connectivity index (χ1v) is 8.18. The lowest BCUT2D eigenvalue weighted by atomic mass is 9.78. The van der Waals surface area contributed by atoms with E-state index in [1.165, 1.54) is 58.0 Å². The summed E-state index contributed by atoms with van der Waals surface area (Å²) in [6.45, 7) is 8.23. The van der Waals surface area contributed by atoms with E-state index < -0.39 is 0 Å². The van der Waals surface area contributed by atoms with Gasteiger partial charge in [0.15, 0.2) is 0 Å². The largest absolute Gasteiger partial charge is 0.329 e. The van der Waals surface area contributed by atoms with Crippen molar-refractivity contribution in [2.45, 2.75) is 64.8 Å². The summed E-state index contributed by atoms with van der Waals surface area (Å²) in [4.78, 5) is 2.73. The fraction of sp³-hybridized carbons (Fsp3) is 1.00. The molecule has 0 spiro atoms. The number of hydrogen-bond donors (Lipinski definition) is 1. The van der Waals surface area contributed by atoms with Gasteiger partial charge in [0.2, 0.25) is 0 Å². The molecule has 2 N–H and O–H groups in total. The molecule has 4 unspecified atom stereocenters. The van der Waals surface area contributed by atoms with E-state index in [2.05, 4.69) is 18.7 Å². The number of hydrogen-bond acceptors (Lipinski definition) is 2. The lowest BCUT2D eigenvalue weighted by Crippen LogP contribution is -2.45. The molecule has 1 saturated carbocycles. The fourth-order valence-electron chi connectivity index (χ4n) is 4.28. The van der Waals surface area contributed by atoms with E-state index in [0.29, 0.717) is 6.04 Å². The molecule has 1 aliphatic carbocycles. The second kappa shape index (κ2) is 6.91. The van der Waals surface area contributed by atoms with Crippen molar-refractivity contribution in [2.75, 3.05) is 19.6 Å². The van der Waals surface area contributed by atoms with Gasteiger partial charge < -0.3 is 5.73 Å². The smallest absolute Gasteiger partial charge is 0.0246 e. The summed E-state index contributed by atoms with van der Waals surface area (Å²) in [5, 5.41) is 0. The van der Waals surface area contributed by atoms with Gasteiger partial charge in [-0.3, -0.25) is 4.90 Å². The molecule has 0 amide bonds. The Balaban J connectivity index is 1.88. The molecule has 106 valence electrons. The Hall–Kier alpha value is -0.0800. The highest BCUT2D eigenvalue weighted by atomic mass is 15.2. The van der Waals surface area contributed by atoms with E-state index in [9.17, 15) is 0 Å². The molecule has 18 heavy (non-hydrogen) atoms. The van der Waals surface area contributed by atoms with Crippen molar-refractivity contribution in [3.05, 3.63) is 0 Å². The van der Waals surface area contributed by atoms with Crippen molar-refractivity contribution in [1.29, 1.82) is 0 Å². The van der Waals surface area contributed by atoms with E-state index in [1.807, 2.05) is 0 Å². The maximum Gasteiger partial charge on any atom is 0.0246 e.